The van der Waals surface area contributed by atoms with Crippen molar-refractivity contribution >= 4 is 35.0 Å². The molecule has 0 spiro atoms. The zero-order chi connectivity index (χ0) is 18.8. The van der Waals surface area contributed by atoms with E-state index >= 15 is 0 Å². The van der Waals surface area contributed by atoms with E-state index in [2.05, 4.69) is 0 Å². The van der Waals surface area contributed by atoms with Gasteiger partial charge in [-0.25, -0.2) is 0 Å². The Hall–Kier alpha value is -2.11. The predicted octanol–water partition coefficient (Wildman–Crippen LogP) is 2.92. The highest BCUT2D eigenvalue weighted by molar-refractivity contribution is 6.07. The van der Waals surface area contributed by atoms with Gasteiger partial charge in [0.2, 0.25) is 5.91 Å². The van der Waals surface area contributed by atoms with Gasteiger partial charge in [-0.1, -0.05) is 36.4 Å². The van der Waals surface area contributed by atoms with Gasteiger partial charge in [-0.05, 0) is 48.6 Å². The summed E-state index contributed by atoms with van der Waals surface area (Å²) in [6.07, 6.45) is 2.51. The second-order valence-electron chi connectivity index (χ2n) is 7.77. The molecule has 2 aliphatic rings. The van der Waals surface area contributed by atoms with Crippen LogP contribution in [0.25, 0.3) is 10.8 Å². The van der Waals surface area contributed by atoms with Crippen LogP contribution in [-0.2, 0) is 4.79 Å². The molecule has 2 fully saturated rings. The Morgan fingerprint density at radius 3 is 2.32 bits per heavy atom. The minimum Gasteiger partial charge on any atom is -0.342 e. The molecule has 0 bridgehead atoms. The third kappa shape index (κ3) is 4.01. The maximum Gasteiger partial charge on any atom is 0.254 e. The normalized spacial score (nSPS) is 20.2. The number of piperidine rings is 1. The molecule has 5 nitrogen and oxygen atoms in total. The van der Waals surface area contributed by atoms with Gasteiger partial charge in [-0.2, -0.15) is 0 Å². The summed E-state index contributed by atoms with van der Waals surface area (Å²) < 4.78 is 0. The summed E-state index contributed by atoms with van der Waals surface area (Å²) in [7, 11) is 0. The third-order valence-electron chi connectivity index (χ3n) is 6.08. The van der Waals surface area contributed by atoms with Gasteiger partial charge < -0.3 is 15.5 Å². The number of likely N-dealkylation sites (tertiary alicyclic amines) is 2. The van der Waals surface area contributed by atoms with Crippen molar-refractivity contribution in [2.75, 3.05) is 32.7 Å². The van der Waals surface area contributed by atoms with E-state index in [4.69, 9.17) is 5.73 Å². The summed E-state index contributed by atoms with van der Waals surface area (Å²) in [5.41, 5.74) is 6.49. The van der Waals surface area contributed by atoms with Crippen LogP contribution < -0.4 is 5.73 Å². The van der Waals surface area contributed by atoms with Gasteiger partial charge in [0.05, 0.1) is 0 Å². The number of nitrogens with zero attached hydrogens (tertiary/aromatic N) is 2. The first-order valence-electron chi connectivity index (χ1n) is 9.93. The van der Waals surface area contributed by atoms with Crippen LogP contribution in [0.15, 0.2) is 42.5 Å². The number of hydrogen-bond acceptors (Lipinski definition) is 3. The van der Waals surface area contributed by atoms with Gasteiger partial charge in [0, 0.05) is 37.7 Å². The number of fused-ring (bicyclic) bond motifs is 1. The molecule has 150 valence electrons. The second-order valence-corrected chi connectivity index (χ2v) is 7.77. The number of halogens is 1. The van der Waals surface area contributed by atoms with Gasteiger partial charge in [0.15, 0.2) is 0 Å². The van der Waals surface area contributed by atoms with Crippen molar-refractivity contribution in [3.63, 3.8) is 0 Å². The van der Waals surface area contributed by atoms with Crippen LogP contribution in [-0.4, -0.2) is 54.3 Å². The Balaban J connectivity index is 0.00000225. The van der Waals surface area contributed by atoms with E-state index in [9.17, 15) is 9.59 Å². The van der Waals surface area contributed by atoms with Crippen LogP contribution in [0.3, 0.4) is 0 Å². The largest absolute Gasteiger partial charge is 0.342 e. The fraction of sp³-hybridized carbons (Fsp3) is 0.455. The third-order valence-corrected chi connectivity index (χ3v) is 6.08. The van der Waals surface area contributed by atoms with Gasteiger partial charge >= 0.3 is 0 Å². The zero-order valence-corrected chi connectivity index (χ0v) is 16.9. The average Bonchev–Trinajstić information content (AvgIpc) is 3.22. The molecule has 2 aromatic rings. The van der Waals surface area contributed by atoms with Crippen molar-refractivity contribution in [1.29, 1.82) is 0 Å². The Kier molecular flexibility index (Phi) is 6.57. The van der Waals surface area contributed by atoms with E-state index in [-0.39, 0.29) is 30.1 Å². The Labute approximate surface area is 172 Å². The molecule has 2 amide bonds. The summed E-state index contributed by atoms with van der Waals surface area (Å²) in [4.78, 5) is 29.7. The number of nitrogens with two attached hydrogens (primary N) is 1. The molecule has 2 N–H and O–H groups in total. The molecule has 1 atom stereocenters. The molecule has 4 rings (SSSR count). The molecule has 0 aliphatic carbocycles. The molecule has 0 radical (unpaired) electrons. The molecule has 0 saturated carbocycles. The molecule has 2 aromatic carbocycles. The second kappa shape index (κ2) is 8.93. The summed E-state index contributed by atoms with van der Waals surface area (Å²) in [6.45, 7) is 3.57. The lowest BCUT2D eigenvalue weighted by atomic mass is 9.94. The van der Waals surface area contributed by atoms with E-state index in [1.807, 2.05) is 52.3 Å². The maximum absolute atomic E-state index is 13.0. The van der Waals surface area contributed by atoms with Crippen molar-refractivity contribution in [3.8, 4) is 0 Å². The van der Waals surface area contributed by atoms with E-state index in [0.717, 1.165) is 48.7 Å². The summed E-state index contributed by atoms with van der Waals surface area (Å²) in [5, 5.41) is 2.07. The summed E-state index contributed by atoms with van der Waals surface area (Å²) in [5.74, 6) is 0.811. The van der Waals surface area contributed by atoms with Crippen LogP contribution in [0.4, 0.5) is 0 Å². The smallest absolute Gasteiger partial charge is 0.254 e. The van der Waals surface area contributed by atoms with Crippen LogP contribution in [0, 0.1) is 11.8 Å². The van der Waals surface area contributed by atoms with E-state index in [0.29, 0.717) is 25.6 Å². The molecule has 2 saturated heterocycles. The molecule has 0 aromatic heterocycles. The molecule has 28 heavy (non-hydrogen) atoms. The standard InChI is InChI=1S/C22H27N3O2.ClH/c23-14-16-8-11-25(15-16)21(26)18-9-12-24(13-10-18)22(27)20-7-3-5-17-4-1-2-6-19(17)20;/h1-7,16,18H,8-15,23H2;1H. The first-order chi connectivity index (χ1) is 13.2. The van der Waals surface area contributed by atoms with E-state index in [1.165, 1.54) is 0 Å². The molecule has 1 unspecified atom stereocenters. The minimum absolute atomic E-state index is 0. The van der Waals surface area contributed by atoms with E-state index in [1.54, 1.807) is 0 Å². The highest BCUT2D eigenvalue weighted by atomic mass is 35.5. The van der Waals surface area contributed by atoms with Crippen LogP contribution in [0.5, 0.6) is 0 Å². The van der Waals surface area contributed by atoms with Crippen molar-refractivity contribution in [1.82, 2.24) is 9.80 Å². The SMILES string of the molecule is Cl.NCC1CCN(C(=O)C2CCN(C(=O)c3cccc4ccccc34)CC2)C1. The number of carbonyl (C=O) groups is 2. The summed E-state index contributed by atoms with van der Waals surface area (Å²) >= 11 is 0. The Bertz CT molecular complexity index is 843. The Morgan fingerprint density at radius 1 is 0.929 bits per heavy atom. The van der Waals surface area contributed by atoms with Crippen molar-refractivity contribution in [2.45, 2.75) is 19.3 Å². The highest BCUT2D eigenvalue weighted by Gasteiger charge is 2.33. The number of carbonyl (C=O) groups excluding carboxylic acids is 2. The van der Waals surface area contributed by atoms with Crippen molar-refractivity contribution in [2.24, 2.45) is 17.6 Å². The zero-order valence-electron chi connectivity index (χ0n) is 16.0. The maximum atomic E-state index is 13.0. The van der Waals surface area contributed by atoms with Crippen LogP contribution in [0.2, 0.25) is 0 Å². The monoisotopic (exact) mass is 401 g/mol. The fourth-order valence-electron chi connectivity index (χ4n) is 4.40. The van der Waals surface area contributed by atoms with Crippen molar-refractivity contribution in [3.05, 3.63) is 48.0 Å². The number of hydrogen-bond donors (Lipinski definition) is 1. The lowest BCUT2D eigenvalue weighted by molar-refractivity contribution is -0.135. The average molecular weight is 402 g/mol. The summed E-state index contributed by atoms with van der Waals surface area (Å²) in [6, 6.07) is 13.9. The molecular weight excluding hydrogens is 374 g/mol. The van der Waals surface area contributed by atoms with Gasteiger partial charge in [0.1, 0.15) is 0 Å². The van der Waals surface area contributed by atoms with Crippen LogP contribution >= 0.6 is 12.4 Å². The van der Waals surface area contributed by atoms with Gasteiger partial charge in [-0.3, -0.25) is 9.59 Å². The first kappa shape index (κ1) is 20.6. The molecular formula is C22H28ClN3O2. The predicted molar refractivity (Wildman–Crippen MR) is 114 cm³/mol. The lowest BCUT2D eigenvalue weighted by Gasteiger charge is -2.33. The Morgan fingerprint density at radius 2 is 1.61 bits per heavy atom. The van der Waals surface area contributed by atoms with Gasteiger partial charge in [0.25, 0.3) is 5.91 Å². The highest BCUT2D eigenvalue weighted by Crippen LogP contribution is 2.26. The molecule has 6 heteroatoms. The quantitative estimate of drug-likeness (QED) is 0.859. The minimum atomic E-state index is 0. The number of amides is 2. The first-order valence-corrected chi connectivity index (χ1v) is 9.93. The molecule has 2 aliphatic heterocycles. The lowest BCUT2D eigenvalue weighted by Crippen LogP contribution is -2.44. The van der Waals surface area contributed by atoms with E-state index < -0.39 is 0 Å². The topological polar surface area (TPSA) is 66.6 Å². The van der Waals surface area contributed by atoms with Crippen molar-refractivity contribution < 1.29 is 9.59 Å². The number of benzene rings is 2. The number of rotatable bonds is 3. The van der Waals surface area contributed by atoms with Crippen LogP contribution in [0.1, 0.15) is 29.6 Å². The molecule has 2 heterocycles. The van der Waals surface area contributed by atoms with Gasteiger partial charge in [-0.15, -0.1) is 12.4 Å². The fourth-order valence-corrected chi connectivity index (χ4v) is 4.40.